The van der Waals surface area contributed by atoms with E-state index in [4.69, 9.17) is 10.4 Å². The summed E-state index contributed by atoms with van der Waals surface area (Å²) in [4.78, 5) is 12.7. The predicted molar refractivity (Wildman–Crippen MR) is 58.4 cm³/mol. The molecule has 0 unspecified atom stereocenters. The summed E-state index contributed by atoms with van der Waals surface area (Å²) in [5.41, 5.74) is -1.28. The molecule has 4 heteroatoms. The second-order valence-corrected chi connectivity index (χ2v) is 5.03. The van der Waals surface area contributed by atoms with E-state index < -0.39 is 16.9 Å². The van der Waals surface area contributed by atoms with E-state index in [0.29, 0.717) is 13.0 Å². The van der Waals surface area contributed by atoms with E-state index in [1.807, 2.05) is 13.8 Å². The van der Waals surface area contributed by atoms with E-state index in [1.165, 1.54) is 0 Å². The highest BCUT2D eigenvalue weighted by Gasteiger charge is 2.32. The van der Waals surface area contributed by atoms with Crippen molar-refractivity contribution in [1.82, 2.24) is 4.90 Å². The first-order chi connectivity index (χ1) is 6.63. The van der Waals surface area contributed by atoms with Crippen LogP contribution in [0.4, 0.5) is 0 Å². The van der Waals surface area contributed by atoms with Gasteiger partial charge < -0.3 is 5.11 Å². The lowest BCUT2D eigenvalue weighted by molar-refractivity contribution is -0.148. The molecule has 0 aromatic heterocycles. The summed E-state index contributed by atoms with van der Waals surface area (Å²) < 4.78 is 0. The Morgan fingerprint density at radius 1 is 1.40 bits per heavy atom. The molecule has 0 saturated carbocycles. The molecular weight excluding hydrogens is 192 g/mol. The van der Waals surface area contributed by atoms with Crippen molar-refractivity contribution in [2.24, 2.45) is 5.41 Å². The van der Waals surface area contributed by atoms with E-state index in [2.05, 4.69) is 6.07 Å². The SMILES string of the molecule is CN(CCC(C)(C)C#N)C(C)(C)C(=O)O. The van der Waals surface area contributed by atoms with Crippen molar-refractivity contribution in [2.45, 2.75) is 39.7 Å². The van der Waals surface area contributed by atoms with E-state index >= 15 is 0 Å². The maximum atomic E-state index is 10.9. The van der Waals surface area contributed by atoms with Gasteiger partial charge in [0.05, 0.1) is 11.5 Å². The summed E-state index contributed by atoms with van der Waals surface area (Å²) in [6.07, 6.45) is 0.663. The Kier molecular flexibility index (Phi) is 4.29. The van der Waals surface area contributed by atoms with Gasteiger partial charge in [-0.1, -0.05) is 0 Å². The quantitative estimate of drug-likeness (QED) is 0.753. The average molecular weight is 212 g/mol. The maximum Gasteiger partial charge on any atom is 0.323 e. The molecule has 0 saturated heterocycles. The molecule has 0 radical (unpaired) electrons. The number of rotatable bonds is 5. The molecule has 0 amide bonds. The summed E-state index contributed by atoms with van der Waals surface area (Å²) in [6, 6.07) is 2.20. The van der Waals surface area contributed by atoms with Gasteiger partial charge >= 0.3 is 5.97 Å². The Morgan fingerprint density at radius 3 is 2.20 bits per heavy atom. The zero-order valence-electron chi connectivity index (χ0n) is 10.2. The highest BCUT2D eigenvalue weighted by Crippen LogP contribution is 2.21. The van der Waals surface area contributed by atoms with Gasteiger partial charge in [-0.2, -0.15) is 5.26 Å². The topological polar surface area (TPSA) is 64.3 Å². The Morgan fingerprint density at radius 2 is 1.87 bits per heavy atom. The number of likely N-dealkylation sites (N-methyl/N-ethyl adjacent to an activating group) is 1. The molecule has 0 fully saturated rings. The number of aliphatic carboxylic acids is 1. The first kappa shape index (κ1) is 13.9. The number of hydrogen-bond acceptors (Lipinski definition) is 3. The minimum absolute atomic E-state index is 0.400. The molecule has 0 heterocycles. The molecule has 1 N–H and O–H groups in total. The zero-order chi connectivity index (χ0) is 12.3. The Bertz CT molecular complexity index is 277. The van der Waals surface area contributed by atoms with Gasteiger partial charge in [-0.25, -0.2) is 0 Å². The van der Waals surface area contributed by atoms with Crippen molar-refractivity contribution in [2.75, 3.05) is 13.6 Å². The summed E-state index contributed by atoms with van der Waals surface area (Å²) >= 11 is 0. The number of nitriles is 1. The maximum absolute atomic E-state index is 10.9. The van der Waals surface area contributed by atoms with E-state index in [-0.39, 0.29) is 0 Å². The predicted octanol–water partition coefficient (Wildman–Crippen LogP) is 1.72. The third-order valence-electron chi connectivity index (χ3n) is 2.85. The molecule has 0 rings (SSSR count). The Balaban J connectivity index is 4.35. The number of carboxylic acid groups (broad SMARTS) is 1. The molecule has 15 heavy (non-hydrogen) atoms. The van der Waals surface area contributed by atoms with Crippen LogP contribution < -0.4 is 0 Å². The third-order valence-corrected chi connectivity index (χ3v) is 2.85. The fourth-order valence-corrected chi connectivity index (χ4v) is 0.946. The molecule has 86 valence electrons. The summed E-state index contributed by atoms with van der Waals surface area (Å²) in [6.45, 7) is 7.63. The fourth-order valence-electron chi connectivity index (χ4n) is 0.946. The monoisotopic (exact) mass is 212 g/mol. The van der Waals surface area contributed by atoms with Crippen LogP contribution in [0.15, 0.2) is 0 Å². The second-order valence-electron chi connectivity index (χ2n) is 5.03. The lowest BCUT2D eigenvalue weighted by atomic mass is 9.90. The van der Waals surface area contributed by atoms with Crippen LogP contribution in [0.1, 0.15) is 34.1 Å². The first-order valence-corrected chi connectivity index (χ1v) is 4.99. The van der Waals surface area contributed by atoms with Gasteiger partial charge in [0.1, 0.15) is 5.54 Å². The molecule has 0 aliphatic heterocycles. The Labute approximate surface area is 91.5 Å². The highest BCUT2D eigenvalue weighted by molar-refractivity contribution is 5.77. The molecular formula is C11H20N2O2. The lowest BCUT2D eigenvalue weighted by Crippen LogP contribution is -2.48. The van der Waals surface area contributed by atoms with Gasteiger partial charge in [-0.15, -0.1) is 0 Å². The van der Waals surface area contributed by atoms with E-state index in [1.54, 1.807) is 25.8 Å². The smallest absolute Gasteiger partial charge is 0.323 e. The number of carbonyl (C=O) groups is 1. The van der Waals surface area contributed by atoms with E-state index in [9.17, 15) is 4.79 Å². The molecule has 0 spiro atoms. The van der Waals surface area contributed by atoms with Crippen molar-refractivity contribution >= 4 is 5.97 Å². The molecule has 0 atom stereocenters. The lowest BCUT2D eigenvalue weighted by Gasteiger charge is -2.32. The van der Waals surface area contributed by atoms with Gasteiger partial charge in [-0.05, 0) is 41.2 Å². The van der Waals surface area contributed by atoms with Crippen LogP contribution in [0.3, 0.4) is 0 Å². The van der Waals surface area contributed by atoms with Crippen molar-refractivity contribution in [3.63, 3.8) is 0 Å². The van der Waals surface area contributed by atoms with Crippen LogP contribution in [0.25, 0.3) is 0 Å². The van der Waals surface area contributed by atoms with Gasteiger partial charge in [-0.3, -0.25) is 9.69 Å². The van der Waals surface area contributed by atoms with Crippen LogP contribution in [0.2, 0.25) is 0 Å². The minimum atomic E-state index is -0.883. The summed E-state index contributed by atoms with van der Waals surface area (Å²) in [5.74, 6) is -0.847. The molecule has 0 aliphatic rings. The fraction of sp³-hybridized carbons (Fsp3) is 0.818. The van der Waals surface area contributed by atoms with E-state index in [0.717, 1.165) is 0 Å². The van der Waals surface area contributed by atoms with Crippen LogP contribution in [-0.2, 0) is 4.79 Å². The van der Waals surface area contributed by atoms with Crippen molar-refractivity contribution in [3.05, 3.63) is 0 Å². The van der Waals surface area contributed by atoms with Crippen LogP contribution in [0, 0.1) is 16.7 Å². The average Bonchev–Trinajstić information content (AvgIpc) is 2.14. The van der Waals surface area contributed by atoms with Gasteiger partial charge in [0.15, 0.2) is 0 Å². The Hall–Kier alpha value is -1.08. The molecule has 0 aromatic rings. The number of nitrogens with zero attached hydrogens (tertiary/aromatic N) is 2. The largest absolute Gasteiger partial charge is 0.480 e. The summed E-state index contributed by atoms with van der Waals surface area (Å²) in [5, 5.41) is 17.8. The van der Waals surface area contributed by atoms with Crippen molar-refractivity contribution in [1.29, 1.82) is 5.26 Å². The first-order valence-electron chi connectivity index (χ1n) is 4.99. The van der Waals surface area contributed by atoms with Gasteiger partial charge in [0, 0.05) is 6.54 Å². The highest BCUT2D eigenvalue weighted by atomic mass is 16.4. The molecule has 0 aromatic carbocycles. The minimum Gasteiger partial charge on any atom is -0.480 e. The summed E-state index contributed by atoms with van der Waals surface area (Å²) in [7, 11) is 1.77. The second kappa shape index (κ2) is 4.63. The van der Waals surface area contributed by atoms with Gasteiger partial charge in [0.2, 0.25) is 0 Å². The molecule has 0 bridgehead atoms. The zero-order valence-corrected chi connectivity index (χ0v) is 10.2. The number of carboxylic acids is 1. The molecule has 0 aliphatic carbocycles. The van der Waals surface area contributed by atoms with Crippen LogP contribution >= 0.6 is 0 Å². The standard InChI is InChI=1S/C11H20N2O2/c1-10(2,8-12)6-7-13(5)11(3,4)9(14)15/h6-7H2,1-5H3,(H,14,15). The van der Waals surface area contributed by atoms with Gasteiger partial charge in [0.25, 0.3) is 0 Å². The third kappa shape index (κ3) is 3.88. The van der Waals surface area contributed by atoms with Crippen molar-refractivity contribution < 1.29 is 9.90 Å². The van der Waals surface area contributed by atoms with Crippen LogP contribution in [-0.4, -0.2) is 35.1 Å². The van der Waals surface area contributed by atoms with Crippen molar-refractivity contribution in [3.8, 4) is 6.07 Å². The van der Waals surface area contributed by atoms with Crippen LogP contribution in [0.5, 0.6) is 0 Å². The normalized spacial score (nSPS) is 12.6. The number of hydrogen-bond donors (Lipinski definition) is 1. The molecule has 4 nitrogen and oxygen atoms in total.